The highest BCUT2D eigenvalue weighted by Gasteiger charge is 2.42. The first-order chi connectivity index (χ1) is 18.7. The number of piperidine rings is 1. The molecule has 3 aliphatic heterocycles. The molecule has 3 atom stereocenters. The Hall–Kier alpha value is -3.47. The number of aromatic nitrogens is 1. The summed E-state index contributed by atoms with van der Waals surface area (Å²) in [6.45, 7) is 1.63. The number of benzene rings is 1. The fraction of sp³-hybridized carbons (Fsp3) is 0.500. The first kappa shape index (κ1) is 25.8. The van der Waals surface area contributed by atoms with E-state index in [0.717, 1.165) is 37.3 Å². The smallest absolute Gasteiger partial charge is 0.433 e. The van der Waals surface area contributed by atoms with Gasteiger partial charge >= 0.3 is 6.18 Å². The van der Waals surface area contributed by atoms with Gasteiger partial charge in [0.1, 0.15) is 23.6 Å². The summed E-state index contributed by atoms with van der Waals surface area (Å²) in [6.07, 6.45) is 1.15. The number of likely N-dealkylation sites (tertiary alicyclic amines) is 1. The second-order valence-electron chi connectivity index (χ2n) is 10.9. The minimum absolute atomic E-state index is 0.0287. The van der Waals surface area contributed by atoms with Crippen molar-refractivity contribution in [3.8, 4) is 5.75 Å². The Balaban J connectivity index is 1.11. The van der Waals surface area contributed by atoms with E-state index in [1.165, 1.54) is 11.1 Å². The van der Waals surface area contributed by atoms with Crippen molar-refractivity contribution in [1.29, 1.82) is 0 Å². The minimum atomic E-state index is -4.46. The first-order valence-corrected chi connectivity index (χ1v) is 13.4. The van der Waals surface area contributed by atoms with Crippen molar-refractivity contribution in [3.05, 3.63) is 58.9 Å². The molecule has 1 aromatic carbocycles. The van der Waals surface area contributed by atoms with Crippen LogP contribution in [0, 0.1) is 0 Å². The molecule has 1 aromatic heterocycles. The molecule has 2 saturated heterocycles. The molecule has 1 saturated carbocycles. The van der Waals surface area contributed by atoms with Crippen LogP contribution in [0.3, 0.4) is 0 Å². The summed E-state index contributed by atoms with van der Waals surface area (Å²) in [5.74, 6) is -0.301. The highest BCUT2D eigenvalue weighted by atomic mass is 19.4. The monoisotopic (exact) mass is 542 g/mol. The van der Waals surface area contributed by atoms with E-state index in [4.69, 9.17) is 4.74 Å². The van der Waals surface area contributed by atoms with Crippen molar-refractivity contribution >= 4 is 17.7 Å². The van der Waals surface area contributed by atoms with Crippen LogP contribution in [0.2, 0.25) is 0 Å². The van der Waals surface area contributed by atoms with E-state index < -0.39 is 23.8 Å². The van der Waals surface area contributed by atoms with Crippen LogP contribution >= 0.6 is 0 Å². The maximum atomic E-state index is 13.1. The van der Waals surface area contributed by atoms with E-state index in [-0.39, 0.29) is 42.8 Å². The number of alkyl halides is 3. The highest BCUT2D eigenvalue weighted by molar-refractivity contribution is 6.05. The van der Waals surface area contributed by atoms with Crippen molar-refractivity contribution in [1.82, 2.24) is 20.1 Å². The molecule has 2 aromatic rings. The number of amides is 3. The molecular formula is C28H29F3N4O4. The summed E-state index contributed by atoms with van der Waals surface area (Å²) in [6, 6.07) is 7.69. The SMILES string of the molecule is O=C1CCC(N2Cc3cc(O[C@@H]4CCCCC4N4CC(c5ccnc(C(F)(F)F)c5)C4)ccc3C2=O)C(=O)N1. The van der Waals surface area contributed by atoms with Crippen LogP contribution in [-0.4, -0.2) is 63.8 Å². The van der Waals surface area contributed by atoms with Crippen molar-refractivity contribution in [3.63, 3.8) is 0 Å². The largest absolute Gasteiger partial charge is 0.489 e. The van der Waals surface area contributed by atoms with Gasteiger partial charge in [-0.25, -0.2) is 0 Å². The Kier molecular flexibility index (Phi) is 6.57. The minimum Gasteiger partial charge on any atom is -0.489 e. The number of nitrogens with zero attached hydrogens (tertiary/aromatic N) is 3. The Bertz CT molecular complexity index is 1310. The number of nitrogens with one attached hydrogen (secondary N) is 1. The van der Waals surface area contributed by atoms with Crippen molar-refractivity contribution in [2.75, 3.05) is 13.1 Å². The number of halogens is 3. The molecule has 2 unspecified atom stereocenters. The molecule has 11 heteroatoms. The van der Waals surface area contributed by atoms with E-state index in [0.29, 0.717) is 36.4 Å². The van der Waals surface area contributed by atoms with Crippen molar-refractivity contribution < 1.29 is 32.3 Å². The van der Waals surface area contributed by atoms with Gasteiger partial charge in [-0.05, 0) is 67.1 Å². The van der Waals surface area contributed by atoms with Gasteiger partial charge in [0.05, 0.1) is 0 Å². The summed E-state index contributed by atoms with van der Waals surface area (Å²) in [7, 11) is 0. The molecule has 39 heavy (non-hydrogen) atoms. The molecular weight excluding hydrogens is 513 g/mol. The summed E-state index contributed by atoms with van der Waals surface area (Å²) in [5, 5.41) is 2.31. The number of carbonyl (C=O) groups is 3. The Morgan fingerprint density at radius 1 is 1.00 bits per heavy atom. The Morgan fingerprint density at radius 3 is 2.56 bits per heavy atom. The third kappa shape index (κ3) is 4.99. The zero-order valence-electron chi connectivity index (χ0n) is 21.2. The number of rotatable bonds is 5. The van der Waals surface area contributed by atoms with Crippen LogP contribution in [0.15, 0.2) is 36.5 Å². The van der Waals surface area contributed by atoms with E-state index in [9.17, 15) is 27.6 Å². The second-order valence-corrected chi connectivity index (χ2v) is 10.9. The lowest BCUT2D eigenvalue weighted by Crippen LogP contribution is -2.57. The number of hydrogen-bond donors (Lipinski definition) is 1. The van der Waals surface area contributed by atoms with Gasteiger partial charge in [0.25, 0.3) is 5.91 Å². The lowest BCUT2D eigenvalue weighted by molar-refractivity contribution is -0.141. The molecule has 0 spiro atoms. The van der Waals surface area contributed by atoms with Crippen LogP contribution < -0.4 is 10.1 Å². The summed E-state index contributed by atoms with van der Waals surface area (Å²) in [4.78, 5) is 44.1. The van der Waals surface area contributed by atoms with E-state index in [1.807, 2.05) is 6.07 Å². The Morgan fingerprint density at radius 2 is 1.79 bits per heavy atom. The first-order valence-electron chi connectivity index (χ1n) is 13.4. The average Bonchev–Trinajstić information content (AvgIpc) is 3.19. The summed E-state index contributed by atoms with van der Waals surface area (Å²) < 4.78 is 45.7. The number of carbonyl (C=O) groups excluding carboxylic acids is 3. The molecule has 1 N–H and O–H groups in total. The molecule has 4 heterocycles. The lowest BCUT2D eigenvalue weighted by atomic mass is 9.84. The number of pyridine rings is 1. The van der Waals surface area contributed by atoms with Crippen LogP contribution in [0.25, 0.3) is 0 Å². The van der Waals surface area contributed by atoms with Gasteiger partial charge in [-0.2, -0.15) is 13.2 Å². The third-order valence-electron chi connectivity index (χ3n) is 8.37. The fourth-order valence-electron chi connectivity index (χ4n) is 6.28. The predicted molar refractivity (Wildman–Crippen MR) is 133 cm³/mol. The Labute approximate surface area is 223 Å². The van der Waals surface area contributed by atoms with Crippen LogP contribution in [-0.2, 0) is 22.3 Å². The number of imide groups is 1. The predicted octanol–water partition coefficient (Wildman–Crippen LogP) is 3.65. The maximum Gasteiger partial charge on any atom is 0.433 e. The third-order valence-corrected chi connectivity index (χ3v) is 8.37. The van der Waals surface area contributed by atoms with Crippen LogP contribution in [0.4, 0.5) is 13.2 Å². The van der Waals surface area contributed by atoms with Crippen molar-refractivity contribution in [2.24, 2.45) is 0 Å². The van der Waals surface area contributed by atoms with Gasteiger partial charge in [-0.15, -0.1) is 0 Å². The van der Waals surface area contributed by atoms with Gasteiger partial charge in [0.15, 0.2) is 0 Å². The van der Waals surface area contributed by atoms with Gasteiger partial charge in [0, 0.05) is 49.8 Å². The molecule has 0 bridgehead atoms. The molecule has 8 nitrogen and oxygen atoms in total. The highest BCUT2D eigenvalue weighted by Crippen LogP contribution is 2.38. The fourth-order valence-corrected chi connectivity index (χ4v) is 6.28. The normalized spacial score (nSPS) is 26.3. The molecule has 206 valence electrons. The second kappa shape index (κ2) is 9.93. The number of ether oxygens (including phenoxy) is 1. The summed E-state index contributed by atoms with van der Waals surface area (Å²) in [5.41, 5.74) is 1.12. The van der Waals surface area contributed by atoms with Crippen molar-refractivity contribution in [2.45, 2.75) is 75.4 Å². The van der Waals surface area contributed by atoms with E-state index >= 15 is 0 Å². The maximum absolute atomic E-state index is 13.1. The van der Waals surface area contributed by atoms with Crippen LogP contribution in [0.5, 0.6) is 5.75 Å². The van der Waals surface area contributed by atoms with E-state index in [2.05, 4.69) is 15.2 Å². The van der Waals surface area contributed by atoms with Gasteiger partial charge in [0.2, 0.25) is 11.8 Å². The molecule has 3 fully saturated rings. The van der Waals surface area contributed by atoms with Crippen LogP contribution in [0.1, 0.15) is 71.6 Å². The van der Waals surface area contributed by atoms with Gasteiger partial charge < -0.3 is 9.64 Å². The lowest BCUT2D eigenvalue weighted by Gasteiger charge is -2.48. The molecule has 1 aliphatic carbocycles. The standard InChI is InChI=1S/C28H29F3N4O4/c29-28(30,31)24-12-16(9-10-32-24)18-13-34(14-18)21-3-1-2-4-23(21)39-19-5-6-20-17(11-19)15-35(27(20)38)22-7-8-25(36)33-26(22)37/h5-6,9-12,18,21-23H,1-4,7-8,13-15H2,(H,33,36,37)/t21?,22?,23-/m1/s1. The summed E-state index contributed by atoms with van der Waals surface area (Å²) >= 11 is 0. The quantitative estimate of drug-likeness (QED) is 0.580. The average molecular weight is 543 g/mol. The van der Waals surface area contributed by atoms with Gasteiger partial charge in [-0.3, -0.25) is 29.6 Å². The number of hydrogen-bond acceptors (Lipinski definition) is 6. The molecule has 0 radical (unpaired) electrons. The topological polar surface area (TPSA) is 91.8 Å². The van der Waals surface area contributed by atoms with Gasteiger partial charge in [-0.1, -0.05) is 6.42 Å². The zero-order chi connectivity index (χ0) is 27.3. The number of fused-ring (bicyclic) bond motifs is 1. The molecule has 4 aliphatic rings. The van der Waals surface area contributed by atoms with E-state index in [1.54, 1.807) is 18.2 Å². The molecule has 6 rings (SSSR count). The molecule has 3 amide bonds. The zero-order valence-corrected chi connectivity index (χ0v) is 21.2.